The molecule has 0 spiro atoms. The maximum Gasteiger partial charge on any atom is 0.353 e. The highest BCUT2D eigenvalue weighted by Gasteiger charge is 2.46. The number of rotatable bonds is 3. The molecule has 3 N–H and O–H groups in total. The molecule has 1 aliphatic rings. The highest BCUT2D eigenvalue weighted by atomic mass is 19.1. The summed E-state index contributed by atoms with van der Waals surface area (Å²) in [4.78, 5) is 14.8. The molecule has 0 bridgehead atoms. The van der Waals surface area contributed by atoms with Gasteiger partial charge in [-0.1, -0.05) is 6.92 Å². The molecule has 0 aliphatic heterocycles. The average molecular weight is 239 g/mol. The van der Waals surface area contributed by atoms with Gasteiger partial charge in [-0.15, -0.1) is 0 Å². The first kappa shape index (κ1) is 11.8. The second-order valence-electron chi connectivity index (χ2n) is 4.29. The van der Waals surface area contributed by atoms with Crippen LogP contribution in [0.15, 0.2) is 16.6 Å². The van der Waals surface area contributed by atoms with Crippen LogP contribution < -0.4 is 11.4 Å². The van der Waals surface area contributed by atoms with E-state index in [-0.39, 0.29) is 12.0 Å². The molecule has 1 aromatic rings. The summed E-state index contributed by atoms with van der Waals surface area (Å²) in [7, 11) is 0. The Morgan fingerprint density at radius 2 is 2.47 bits per heavy atom. The summed E-state index contributed by atoms with van der Waals surface area (Å²) in [5.74, 6) is -1.13. The molecule has 1 aliphatic carbocycles. The Hall–Kier alpha value is -1.69. The molecule has 1 atom stereocenters. The van der Waals surface area contributed by atoms with Crippen LogP contribution in [-0.4, -0.2) is 21.3 Å². The van der Waals surface area contributed by atoms with Crippen LogP contribution in [0.4, 0.5) is 10.2 Å². The zero-order chi connectivity index (χ0) is 12.6. The third kappa shape index (κ3) is 1.95. The normalized spacial score (nSPS) is 25.2. The summed E-state index contributed by atoms with van der Waals surface area (Å²) in [6, 6.07) is 0. The van der Waals surface area contributed by atoms with Crippen molar-refractivity contribution in [2.75, 3.05) is 12.3 Å². The van der Waals surface area contributed by atoms with Gasteiger partial charge in [0.15, 0.2) is 11.6 Å². The maximum atomic E-state index is 13.2. The number of aliphatic hydroxyl groups is 1. The van der Waals surface area contributed by atoms with Crippen molar-refractivity contribution in [1.29, 1.82) is 0 Å². The Morgan fingerprint density at radius 1 is 1.76 bits per heavy atom. The standard InChI is InChI=1S/C11H14FN3O2/c1-2-11(6-16)3-7(11)4-15-5-8(12)9(13)14-10(15)17/h4-5,16H,2-3,6H2,1H3,(H2,13,14,17)/b7-4-. The molecule has 0 amide bonds. The molecular formula is C11H14FN3O2. The lowest BCUT2D eigenvalue weighted by atomic mass is 10.0. The van der Waals surface area contributed by atoms with E-state index in [1.165, 1.54) is 6.20 Å². The highest BCUT2D eigenvalue weighted by Crippen LogP contribution is 2.54. The highest BCUT2D eigenvalue weighted by molar-refractivity contribution is 5.47. The van der Waals surface area contributed by atoms with Gasteiger partial charge in [-0.3, -0.25) is 4.57 Å². The molecular weight excluding hydrogens is 225 g/mol. The minimum Gasteiger partial charge on any atom is -0.395 e. The number of anilines is 1. The van der Waals surface area contributed by atoms with Crippen molar-refractivity contribution in [1.82, 2.24) is 9.55 Å². The van der Waals surface area contributed by atoms with E-state index in [0.717, 1.165) is 29.2 Å². The second-order valence-corrected chi connectivity index (χ2v) is 4.29. The summed E-state index contributed by atoms with van der Waals surface area (Å²) < 4.78 is 14.2. The topological polar surface area (TPSA) is 81.1 Å². The van der Waals surface area contributed by atoms with Gasteiger partial charge in [-0.05, 0) is 18.4 Å². The van der Waals surface area contributed by atoms with Gasteiger partial charge in [0.2, 0.25) is 0 Å². The minimum atomic E-state index is -0.729. The number of nitrogen functional groups attached to an aromatic ring is 1. The quantitative estimate of drug-likeness (QED) is 0.809. The average Bonchev–Trinajstić information content (AvgIpc) is 3.00. The number of aromatic nitrogens is 2. The first-order valence-corrected chi connectivity index (χ1v) is 5.38. The third-order valence-electron chi connectivity index (χ3n) is 3.29. The minimum absolute atomic E-state index is 0.0367. The fraction of sp³-hybridized carbons (Fsp3) is 0.455. The molecule has 1 unspecified atom stereocenters. The molecule has 2 rings (SSSR count). The van der Waals surface area contributed by atoms with E-state index < -0.39 is 17.3 Å². The Balaban J connectivity index is 2.36. The Kier molecular flexibility index (Phi) is 2.74. The van der Waals surface area contributed by atoms with Gasteiger partial charge in [-0.2, -0.15) is 4.98 Å². The van der Waals surface area contributed by atoms with E-state index in [0.29, 0.717) is 0 Å². The number of nitrogens with two attached hydrogens (primary N) is 1. The molecule has 5 nitrogen and oxygen atoms in total. The van der Waals surface area contributed by atoms with Crippen molar-refractivity contribution < 1.29 is 9.50 Å². The first-order valence-electron chi connectivity index (χ1n) is 5.38. The molecule has 1 aromatic heterocycles. The van der Waals surface area contributed by atoms with Crippen molar-refractivity contribution in [2.45, 2.75) is 19.8 Å². The molecule has 1 saturated carbocycles. The van der Waals surface area contributed by atoms with E-state index in [4.69, 9.17) is 5.73 Å². The van der Waals surface area contributed by atoms with Crippen LogP contribution >= 0.6 is 0 Å². The largest absolute Gasteiger partial charge is 0.395 e. The van der Waals surface area contributed by atoms with Crippen molar-refractivity contribution in [3.8, 4) is 0 Å². The van der Waals surface area contributed by atoms with Crippen molar-refractivity contribution >= 4 is 12.0 Å². The lowest BCUT2D eigenvalue weighted by Gasteiger charge is -2.06. The summed E-state index contributed by atoms with van der Waals surface area (Å²) in [6.45, 7) is 2.00. The van der Waals surface area contributed by atoms with Crippen LogP contribution in [0, 0.1) is 11.2 Å². The van der Waals surface area contributed by atoms with Crippen LogP contribution in [0.2, 0.25) is 0 Å². The van der Waals surface area contributed by atoms with Gasteiger partial charge >= 0.3 is 5.69 Å². The number of hydrogen-bond acceptors (Lipinski definition) is 4. The van der Waals surface area contributed by atoms with Crippen LogP contribution in [0.25, 0.3) is 6.20 Å². The second kappa shape index (κ2) is 3.96. The Morgan fingerprint density at radius 3 is 3.00 bits per heavy atom. The molecule has 0 radical (unpaired) electrons. The Labute approximate surface area is 97.4 Å². The first-order chi connectivity index (χ1) is 8.02. The smallest absolute Gasteiger partial charge is 0.353 e. The summed E-state index contributed by atoms with van der Waals surface area (Å²) in [5.41, 5.74) is 5.25. The molecule has 1 fully saturated rings. The number of halogens is 1. The fourth-order valence-electron chi connectivity index (χ4n) is 1.84. The van der Waals surface area contributed by atoms with Gasteiger partial charge < -0.3 is 10.8 Å². The predicted molar refractivity (Wildman–Crippen MR) is 61.6 cm³/mol. The van der Waals surface area contributed by atoms with Crippen LogP contribution in [0.3, 0.4) is 0 Å². The molecule has 92 valence electrons. The SMILES string of the molecule is CCC1(CO)C/C1=C/n1cc(F)c(N)nc1=O. The number of hydrogen-bond donors (Lipinski definition) is 2. The predicted octanol–water partition coefficient (Wildman–Crippen LogP) is 0.598. The Bertz CT molecular complexity index is 532. The van der Waals surface area contributed by atoms with Crippen molar-refractivity contribution in [3.63, 3.8) is 0 Å². The van der Waals surface area contributed by atoms with E-state index in [1.54, 1.807) is 0 Å². The maximum absolute atomic E-state index is 13.2. The molecule has 6 heteroatoms. The zero-order valence-corrected chi connectivity index (χ0v) is 9.48. The van der Waals surface area contributed by atoms with E-state index in [2.05, 4.69) is 4.98 Å². The van der Waals surface area contributed by atoms with Gasteiger partial charge in [0.25, 0.3) is 0 Å². The number of nitrogens with zero attached hydrogens (tertiary/aromatic N) is 2. The lowest BCUT2D eigenvalue weighted by molar-refractivity contribution is 0.217. The van der Waals surface area contributed by atoms with E-state index in [1.807, 2.05) is 6.92 Å². The third-order valence-corrected chi connectivity index (χ3v) is 3.29. The van der Waals surface area contributed by atoms with Crippen molar-refractivity contribution in [2.24, 2.45) is 5.41 Å². The summed E-state index contributed by atoms with van der Waals surface area (Å²) in [5, 5.41) is 9.24. The van der Waals surface area contributed by atoms with Gasteiger partial charge in [-0.25, -0.2) is 9.18 Å². The number of aliphatic hydroxyl groups excluding tert-OH is 1. The summed E-state index contributed by atoms with van der Waals surface area (Å²) >= 11 is 0. The van der Waals surface area contributed by atoms with Crippen LogP contribution in [0.5, 0.6) is 0 Å². The van der Waals surface area contributed by atoms with Gasteiger partial charge in [0, 0.05) is 11.6 Å². The molecule has 0 aromatic carbocycles. The van der Waals surface area contributed by atoms with Crippen LogP contribution in [0.1, 0.15) is 19.8 Å². The zero-order valence-electron chi connectivity index (χ0n) is 9.48. The lowest BCUT2D eigenvalue weighted by Crippen LogP contribution is -2.21. The van der Waals surface area contributed by atoms with Gasteiger partial charge in [0.1, 0.15) is 0 Å². The van der Waals surface area contributed by atoms with Crippen molar-refractivity contribution in [3.05, 3.63) is 28.1 Å². The summed E-state index contributed by atoms with van der Waals surface area (Å²) in [6.07, 6.45) is 4.04. The molecule has 1 heterocycles. The molecule has 17 heavy (non-hydrogen) atoms. The molecule has 0 saturated heterocycles. The monoisotopic (exact) mass is 239 g/mol. The van der Waals surface area contributed by atoms with Crippen LogP contribution in [-0.2, 0) is 0 Å². The fourth-order valence-corrected chi connectivity index (χ4v) is 1.84. The van der Waals surface area contributed by atoms with Gasteiger partial charge in [0.05, 0.1) is 12.8 Å². The van der Waals surface area contributed by atoms with E-state index >= 15 is 0 Å². The van der Waals surface area contributed by atoms with E-state index in [9.17, 15) is 14.3 Å².